The molecule has 1 heterocycles. The van der Waals surface area contributed by atoms with Crippen LogP contribution in [0.1, 0.15) is 51.1 Å². The molecular weight excluding hydrogens is 376 g/mol. The first-order valence-electron chi connectivity index (χ1n) is 9.77. The third-order valence-corrected chi connectivity index (χ3v) is 4.33. The van der Waals surface area contributed by atoms with Crippen LogP contribution in [-0.4, -0.2) is 47.8 Å². The van der Waals surface area contributed by atoms with E-state index in [-0.39, 0.29) is 25.4 Å². The molecular formula is C21H31N2O6+. The van der Waals surface area contributed by atoms with Crippen LogP contribution in [0, 0.1) is 0 Å². The van der Waals surface area contributed by atoms with Gasteiger partial charge >= 0.3 is 11.9 Å². The van der Waals surface area contributed by atoms with Gasteiger partial charge in [-0.05, 0) is 25.3 Å². The zero-order valence-corrected chi connectivity index (χ0v) is 17.1. The van der Waals surface area contributed by atoms with Crippen molar-refractivity contribution in [3.8, 4) is 0 Å². The Balaban J connectivity index is 2.71. The molecule has 0 bridgehead atoms. The fourth-order valence-electron chi connectivity index (χ4n) is 2.73. The number of carbonyl (C=O) groups excluding carboxylic acids is 2. The lowest BCUT2D eigenvalue weighted by atomic mass is 10.0. The van der Waals surface area contributed by atoms with Crippen molar-refractivity contribution in [2.24, 2.45) is 5.16 Å². The maximum atomic E-state index is 12.4. The summed E-state index contributed by atoms with van der Waals surface area (Å²) in [6.07, 6.45) is 8.47. The Morgan fingerprint density at radius 2 is 2.03 bits per heavy atom. The second kappa shape index (κ2) is 14.3. The predicted octanol–water partition coefficient (Wildman–Crippen LogP) is 2.14. The van der Waals surface area contributed by atoms with E-state index in [0.29, 0.717) is 12.1 Å². The molecule has 1 rings (SSSR count). The molecule has 160 valence electrons. The Kier molecular flexibility index (Phi) is 12.0. The largest absolute Gasteiger partial charge is 0.469 e. The number of ether oxygens (including phenoxy) is 2. The first-order valence-corrected chi connectivity index (χ1v) is 9.77. The number of aliphatic hydroxyl groups is 1. The Morgan fingerprint density at radius 1 is 1.24 bits per heavy atom. The van der Waals surface area contributed by atoms with Crippen molar-refractivity contribution in [1.29, 1.82) is 0 Å². The molecule has 0 saturated carbocycles. The van der Waals surface area contributed by atoms with Crippen molar-refractivity contribution in [3.63, 3.8) is 0 Å². The lowest BCUT2D eigenvalue weighted by molar-refractivity contribution is -0.686. The number of hydrogen-bond donors (Lipinski definition) is 2. The number of methoxy groups -OCH3 is 1. The van der Waals surface area contributed by atoms with E-state index < -0.39 is 18.2 Å². The fourth-order valence-corrected chi connectivity index (χ4v) is 2.73. The molecule has 0 aliphatic carbocycles. The first-order chi connectivity index (χ1) is 14.0. The first kappa shape index (κ1) is 24.3. The van der Waals surface area contributed by atoms with Gasteiger partial charge in [0, 0.05) is 12.1 Å². The summed E-state index contributed by atoms with van der Waals surface area (Å²) in [7, 11) is 1.32. The Bertz CT molecular complexity index is 690. The average molecular weight is 407 g/mol. The summed E-state index contributed by atoms with van der Waals surface area (Å²) in [5.74, 6) is -0.850. The Morgan fingerprint density at radius 3 is 2.72 bits per heavy atom. The van der Waals surface area contributed by atoms with Gasteiger partial charge in [0.25, 0.3) is 0 Å². The molecule has 2 N–H and O–H groups in total. The highest BCUT2D eigenvalue weighted by Gasteiger charge is 2.24. The minimum absolute atomic E-state index is 0.0721. The van der Waals surface area contributed by atoms with Crippen molar-refractivity contribution in [2.45, 2.75) is 64.2 Å². The monoisotopic (exact) mass is 407 g/mol. The number of aromatic nitrogens is 1. The average Bonchev–Trinajstić information content (AvgIpc) is 2.71. The molecule has 1 aromatic rings. The van der Waals surface area contributed by atoms with E-state index in [1.54, 1.807) is 41.1 Å². The number of hydrogen-bond acceptors (Lipinski definition) is 7. The summed E-state index contributed by atoms with van der Waals surface area (Å²) in [6, 6.07) is 5.21. The summed E-state index contributed by atoms with van der Waals surface area (Å²) in [4.78, 5) is 23.6. The number of unbranched alkanes of at least 4 members (excludes halogenated alkanes) is 2. The highest BCUT2D eigenvalue weighted by atomic mass is 16.6. The zero-order chi connectivity index (χ0) is 21.5. The molecule has 0 saturated heterocycles. The molecule has 1 aromatic heterocycles. The molecule has 8 heteroatoms. The molecule has 0 aliphatic heterocycles. The van der Waals surface area contributed by atoms with Gasteiger partial charge in [-0.15, -0.1) is 0 Å². The van der Waals surface area contributed by atoms with Crippen LogP contribution in [0.15, 0.2) is 41.7 Å². The maximum Gasteiger partial charge on any atom is 0.373 e. The van der Waals surface area contributed by atoms with Gasteiger partial charge in [0.1, 0.15) is 12.3 Å². The number of rotatable bonds is 13. The van der Waals surface area contributed by atoms with Gasteiger partial charge in [-0.1, -0.05) is 37.1 Å². The third kappa shape index (κ3) is 9.84. The van der Waals surface area contributed by atoms with Crippen molar-refractivity contribution < 1.29 is 33.9 Å². The maximum absolute atomic E-state index is 12.4. The van der Waals surface area contributed by atoms with Crippen LogP contribution in [0.2, 0.25) is 0 Å². The van der Waals surface area contributed by atoms with Crippen LogP contribution in [0.25, 0.3) is 0 Å². The van der Waals surface area contributed by atoms with E-state index in [4.69, 9.17) is 9.94 Å². The Hall–Kier alpha value is -2.74. The molecule has 0 aromatic carbocycles. The number of nitrogens with zero attached hydrogens (tertiary/aromatic N) is 2. The summed E-state index contributed by atoms with van der Waals surface area (Å²) in [5, 5.41) is 22.2. The predicted molar refractivity (Wildman–Crippen MR) is 106 cm³/mol. The molecule has 0 aliphatic rings. The third-order valence-electron chi connectivity index (χ3n) is 4.33. The molecule has 2 unspecified atom stereocenters. The molecule has 0 radical (unpaired) electrons. The number of oxime groups is 1. The molecule has 0 amide bonds. The van der Waals surface area contributed by atoms with E-state index in [0.717, 1.165) is 19.3 Å². The second-order valence-electron chi connectivity index (χ2n) is 6.58. The van der Waals surface area contributed by atoms with Crippen LogP contribution < -0.4 is 4.57 Å². The van der Waals surface area contributed by atoms with E-state index in [1.165, 1.54) is 13.3 Å². The van der Waals surface area contributed by atoms with Crippen LogP contribution in [-0.2, 0) is 25.6 Å². The Labute approximate surface area is 171 Å². The summed E-state index contributed by atoms with van der Waals surface area (Å²) in [6.45, 7) is 2.00. The van der Waals surface area contributed by atoms with Gasteiger partial charge in [0.05, 0.1) is 19.6 Å². The SMILES string of the molecule is CCCCCC(OC(=O)C[n+]1ccccc1/C=N/O)C(O)C/C=C/CC(=O)OC. The minimum atomic E-state index is -0.871. The molecule has 0 spiro atoms. The summed E-state index contributed by atoms with van der Waals surface area (Å²) in [5.41, 5.74) is 0.542. The molecule has 2 atom stereocenters. The van der Waals surface area contributed by atoms with Gasteiger partial charge in [-0.2, -0.15) is 4.57 Å². The zero-order valence-electron chi connectivity index (χ0n) is 17.1. The lowest BCUT2D eigenvalue weighted by Crippen LogP contribution is -2.44. The van der Waals surface area contributed by atoms with E-state index in [1.807, 2.05) is 0 Å². The highest BCUT2D eigenvalue weighted by Crippen LogP contribution is 2.14. The molecule has 29 heavy (non-hydrogen) atoms. The fraction of sp³-hybridized carbons (Fsp3) is 0.524. The number of esters is 2. The van der Waals surface area contributed by atoms with Crippen molar-refractivity contribution in [1.82, 2.24) is 0 Å². The van der Waals surface area contributed by atoms with Gasteiger partial charge in [-0.3, -0.25) is 4.79 Å². The van der Waals surface area contributed by atoms with Crippen LogP contribution in [0.5, 0.6) is 0 Å². The van der Waals surface area contributed by atoms with Crippen LogP contribution >= 0.6 is 0 Å². The number of aliphatic hydroxyl groups excluding tert-OH is 1. The molecule has 8 nitrogen and oxygen atoms in total. The number of pyridine rings is 1. The second-order valence-corrected chi connectivity index (χ2v) is 6.58. The highest BCUT2D eigenvalue weighted by molar-refractivity contribution is 5.75. The normalized spacial score (nSPS) is 13.5. The van der Waals surface area contributed by atoms with E-state index in [9.17, 15) is 14.7 Å². The quantitative estimate of drug-likeness (QED) is 0.0986. The summed E-state index contributed by atoms with van der Waals surface area (Å²) >= 11 is 0. The summed E-state index contributed by atoms with van der Waals surface area (Å²) < 4.78 is 11.7. The smallest absolute Gasteiger partial charge is 0.373 e. The van der Waals surface area contributed by atoms with Crippen molar-refractivity contribution >= 4 is 18.2 Å². The van der Waals surface area contributed by atoms with E-state index in [2.05, 4.69) is 16.8 Å². The van der Waals surface area contributed by atoms with Crippen LogP contribution in [0.4, 0.5) is 0 Å². The standard InChI is InChI=1S/C21H30N2O6/c1-3-4-5-12-19(18(24)11-6-7-13-20(25)28-2)29-21(26)16-23-14-9-8-10-17(23)15-22-27/h6-10,14-15,18-19,24H,3-5,11-13,16H2,1-2H3/p+1/b7-6+. The van der Waals surface area contributed by atoms with Gasteiger partial charge in [-0.25, -0.2) is 4.79 Å². The van der Waals surface area contributed by atoms with Crippen molar-refractivity contribution in [2.75, 3.05) is 7.11 Å². The topological polar surface area (TPSA) is 109 Å². The van der Waals surface area contributed by atoms with Crippen molar-refractivity contribution in [3.05, 3.63) is 42.2 Å². The minimum Gasteiger partial charge on any atom is -0.469 e. The van der Waals surface area contributed by atoms with E-state index >= 15 is 0 Å². The van der Waals surface area contributed by atoms with Gasteiger partial charge in [0.2, 0.25) is 12.2 Å². The lowest BCUT2D eigenvalue weighted by Gasteiger charge is -2.22. The number of carbonyl (C=O) groups is 2. The van der Waals surface area contributed by atoms with Gasteiger partial charge < -0.3 is 19.8 Å². The van der Waals surface area contributed by atoms with Gasteiger partial charge in [0.15, 0.2) is 6.20 Å². The van der Waals surface area contributed by atoms with Crippen LogP contribution in [0.3, 0.4) is 0 Å². The molecule has 0 fully saturated rings.